The average molecular weight is 2060 g/mol. The van der Waals surface area contributed by atoms with Crippen molar-refractivity contribution in [3.63, 3.8) is 0 Å². The zero-order chi connectivity index (χ0) is 70.4. The third kappa shape index (κ3) is 122. The summed E-state index contributed by atoms with van der Waals surface area (Å²) in [5.41, 5.74) is 2.21. The van der Waals surface area contributed by atoms with E-state index >= 15 is 0 Å². The molecule has 51 heteroatoms. The van der Waals surface area contributed by atoms with Gasteiger partial charge in [-0.15, -0.1) is 12.2 Å². The van der Waals surface area contributed by atoms with Crippen LogP contribution in [-0.4, -0.2) is 147 Å². The van der Waals surface area contributed by atoms with E-state index in [1.807, 2.05) is 0 Å². The molecule has 101 heavy (non-hydrogen) atoms. The number of rotatable bonds is 20. The molecule has 0 atom stereocenters. The molecule has 0 bridgehead atoms. The van der Waals surface area contributed by atoms with Gasteiger partial charge in [0.15, 0.2) is 0 Å². The first-order valence-corrected chi connectivity index (χ1v) is 28.4. The van der Waals surface area contributed by atoms with E-state index in [1.165, 1.54) is 28.4 Å². The minimum atomic E-state index is -10.7. The number of ether oxygens (including phenoxy) is 4. The first-order chi connectivity index (χ1) is 39.8. The molecule has 0 fully saturated rings. The predicted octanol–water partition coefficient (Wildman–Crippen LogP) is -1.66. The van der Waals surface area contributed by atoms with E-state index in [9.17, 15) is 81.0 Å². The number of benzene rings is 4. The fraction of sp³-hybridized carbons (Fsp3) is 0.440. The summed E-state index contributed by atoms with van der Waals surface area (Å²) in [5, 5.41) is 135. The summed E-state index contributed by atoms with van der Waals surface area (Å²) in [5.74, 6) is -3.89. The van der Waals surface area contributed by atoms with Gasteiger partial charge in [-0.25, -0.2) is 0 Å². The maximum Gasteiger partial charge on any atom is 3.00 e. The van der Waals surface area contributed by atoms with Crippen LogP contribution >= 0.6 is 15.6 Å². The molecule has 0 aliphatic heterocycles. The molecular weight excluding hydrogens is 1980 g/mol. The van der Waals surface area contributed by atoms with Crippen molar-refractivity contribution in [3.05, 3.63) is 95.1 Å². The predicted molar refractivity (Wildman–Crippen MR) is 295 cm³/mol. The number of hydrogen-bond acceptors (Lipinski definition) is 28. The Bertz CT molecular complexity index is 2300. The van der Waals surface area contributed by atoms with Crippen molar-refractivity contribution in [1.29, 1.82) is 0 Å². The van der Waals surface area contributed by atoms with Crippen molar-refractivity contribution in [2.45, 2.75) is 79.9 Å². The van der Waals surface area contributed by atoms with Gasteiger partial charge in [-0.3, -0.25) is 0 Å². The first-order valence-electron chi connectivity index (χ1n) is 24.3. The van der Waals surface area contributed by atoms with Crippen LogP contribution in [0.5, 0.6) is 46.0 Å². The van der Waals surface area contributed by atoms with Gasteiger partial charge in [-0.2, -0.15) is 0 Å². The summed E-state index contributed by atoms with van der Waals surface area (Å²) >= 11 is 0. The third-order valence-electron chi connectivity index (χ3n) is 7.87. The van der Waals surface area contributed by atoms with Gasteiger partial charge in [0.1, 0.15) is 23.0 Å². The zero-order valence-corrected chi connectivity index (χ0v) is 65.2. The van der Waals surface area contributed by atoms with Gasteiger partial charge in [0.25, 0.3) is 0 Å². The number of aliphatic hydroxyl groups excluding tert-OH is 2. The van der Waals surface area contributed by atoms with Crippen LogP contribution in [-0.2, 0) is 131 Å². The van der Waals surface area contributed by atoms with Crippen molar-refractivity contribution in [2.24, 2.45) is 0 Å². The first kappa shape index (κ1) is 149. The van der Waals surface area contributed by atoms with E-state index in [4.69, 9.17) is 68.8 Å². The zero-order valence-electron chi connectivity index (χ0n) is 53.9. The second kappa shape index (κ2) is 73.9. The molecule has 0 aliphatic rings. The Morgan fingerprint density at radius 3 is 0.594 bits per heavy atom. The number of aliphatic hydroxyl groups is 2. The van der Waals surface area contributed by atoms with Gasteiger partial charge < -0.3 is 154 Å². The molecule has 0 saturated heterocycles. The molecule has 617 valence electrons. The number of carbonyl (C=O) groups excluding carboxylic acids is 4. The second-order valence-electron chi connectivity index (χ2n) is 16.1. The average Bonchev–Trinajstić information content (AvgIpc) is 0.807. The molecule has 14 N–H and O–H groups in total. The number of aliphatic carboxylic acids is 4. The van der Waals surface area contributed by atoms with E-state index in [-0.39, 0.29) is 302 Å². The Morgan fingerprint density at radius 2 is 0.495 bits per heavy atom. The molecule has 0 saturated carbocycles. The molecule has 0 heterocycles. The van der Waals surface area contributed by atoms with E-state index in [1.54, 1.807) is 86.6 Å². The molecule has 0 spiro atoms. The van der Waals surface area contributed by atoms with Crippen molar-refractivity contribution in [2.75, 3.05) is 67.8 Å². The molecule has 5 radical (unpaired) electrons. The second-order valence-corrected chi connectivity index (χ2v) is 19.9. The number of methoxy groups -OCH3 is 4. The van der Waals surface area contributed by atoms with Gasteiger partial charge in [0.2, 0.25) is 0 Å². The Balaban J connectivity index is -0.0000000488. The number of carboxylic acids is 4. The van der Waals surface area contributed by atoms with E-state index in [2.05, 4.69) is 21.3 Å². The van der Waals surface area contributed by atoms with Gasteiger partial charge in [0, 0.05) is 63.3 Å². The van der Waals surface area contributed by atoms with E-state index < -0.39 is 51.7 Å². The van der Waals surface area contributed by atoms with Gasteiger partial charge in [-0.1, -0.05) is 71.5 Å². The van der Waals surface area contributed by atoms with Gasteiger partial charge in [0.05, 0.1) is 28.4 Å². The molecule has 0 aliphatic carbocycles. The summed E-state index contributed by atoms with van der Waals surface area (Å²) < 4.78 is 138. The summed E-state index contributed by atoms with van der Waals surface area (Å²) in [6.07, 6.45) is -1.81. The maximum atomic E-state index is 12.0. The molecule has 0 aromatic heterocycles. The summed E-state index contributed by atoms with van der Waals surface area (Å²) in [7, 11) is -15.5. The van der Waals surface area contributed by atoms with Crippen molar-refractivity contribution >= 4 is 39.5 Å². The number of hydrogen-bond donors (Lipinski definition) is 6. The van der Waals surface area contributed by atoms with Crippen LogP contribution in [0.4, 0.5) is 50.4 Å². The summed E-state index contributed by atoms with van der Waals surface area (Å²) in [6, 6.07) is 20.2. The van der Waals surface area contributed by atoms with Crippen LogP contribution in [0.15, 0.2) is 72.8 Å². The number of carboxylic acid groups (broad SMARTS) is 4. The molecule has 4 aromatic rings. The smallest absolute Gasteiger partial charge is 0.870 e. The Labute approximate surface area is 708 Å². The Kier molecular flexibility index (Phi) is 109. The van der Waals surface area contributed by atoms with Gasteiger partial charge >= 0.3 is 250 Å². The van der Waals surface area contributed by atoms with E-state index in [0.717, 1.165) is 27.7 Å². The summed E-state index contributed by atoms with van der Waals surface area (Å²) in [4.78, 5) is 35.6. The SMILES string of the molecule is CC(=O)[O-].CC(=O)[O-].CC(=O)[O-].CC(=O)[O-].CCO.CCO.COc1cccc(CNCC([O-])CNCc2cccc(OC)c2[O-])c1[O-].COc1cccc(CNCC([O-])CNCc2cccc(OC)c2[O-])c1[O-].F[P-](F)(F)(F)(F)F.F[P-](F)(F)(F)(F)F.O.O.[Cu+2].[Cu+2].[Cu+2].[Cu+2].[Cu+2].[Eu+3].[Eu+3].[OH-].[OH-].[OH-].[OH-]. The quantitative estimate of drug-likeness (QED) is 0.0327. The van der Waals surface area contributed by atoms with Crippen LogP contribution in [0, 0.1) is 98.8 Å². The molecule has 4 aromatic carbocycles. The normalized spacial score (nSPS) is 10.2. The molecule has 0 unspecified atom stereocenters. The summed E-state index contributed by atoms with van der Waals surface area (Å²) in [6.45, 7) is 9.76. The van der Waals surface area contributed by atoms with E-state index in [0.29, 0.717) is 48.4 Å². The fourth-order valence-electron chi connectivity index (χ4n) is 5.06. The number of para-hydroxylation sites is 4. The maximum absolute atomic E-state index is 12.0. The van der Waals surface area contributed by atoms with Crippen LogP contribution in [0.25, 0.3) is 0 Å². The number of carbonyl (C=O) groups is 4. The Hall–Kier alpha value is -1.61. The minimum absolute atomic E-state index is 0. The van der Waals surface area contributed by atoms with Crippen molar-refractivity contribution in [3.8, 4) is 46.0 Å². The largest absolute Gasteiger partial charge is 3.00 e. The van der Waals surface area contributed by atoms with Gasteiger partial charge in [-0.05, 0) is 114 Å². The van der Waals surface area contributed by atoms with Crippen LogP contribution in [0.3, 0.4) is 0 Å². The van der Waals surface area contributed by atoms with Crippen LogP contribution in [0.2, 0.25) is 0 Å². The monoisotopic (exact) mass is 2060 g/mol. The minimum Gasteiger partial charge on any atom is -0.870 e. The standard InChI is InChI=1S/2C19H25N2O5.4C2H4O2.2C2H6O.5Cu.2Eu.2F6P.6H2O/c2*1-25-16-7-3-5-13(18(16)23)9-20-11-15(22)12-21-10-14-6-4-8-17(26-2)19(14)24;4*1-2(3)4;2*1-2-3;;;;;;;;2*1-7(2,3,4,5)6;;;;;;/h2*3-8,15,20-21,23-24H,9-12H2,1-2H3;4*1H3,(H,3,4);2*3H,2H2,1H3;;;;;;;;;;6*1H2/q2*-1;;;;;;;5*+2;2*+3;2*-1;;;;;;/p-12. The fourth-order valence-corrected chi connectivity index (χ4v) is 5.06. The third-order valence-corrected chi connectivity index (χ3v) is 7.87. The topological polar surface area (TPSA) is 607 Å². The van der Waals surface area contributed by atoms with Crippen molar-refractivity contribution < 1.29 is 367 Å². The van der Waals surface area contributed by atoms with Crippen molar-refractivity contribution in [1.82, 2.24) is 21.3 Å². The Morgan fingerprint density at radius 1 is 0.386 bits per heavy atom. The molecular formula is C50H78Cu5Eu2F12N4O26P2. The number of halogens is 12. The molecule has 0 amide bonds. The number of nitrogens with one attached hydrogen (secondary N) is 4. The molecule has 30 nitrogen and oxygen atoms in total. The van der Waals surface area contributed by atoms with Crippen LogP contribution < -0.4 is 91.3 Å². The molecule has 4 rings (SSSR count). The van der Waals surface area contributed by atoms with Crippen LogP contribution in [0.1, 0.15) is 63.8 Å².